The summed E-state index contributed by atoms with van der Waals surface area (Å²) in [7, 11) is 1.87. The maximum absolute atomic E-state index is 14.0. The second kappa shape index (κ2) is 6.51. The molecular weight excluding hydrogens is 317 g/mol. The SMILES string of the molecule is CNC(Cc1ccc(C)c(C)c1)c1cc(Br)ccc1F. The van der Waals surface area contributed by atoms with Crippen LogP contribution in [0.5, 0.6) is 0 Å². The fourth-order valence-corrected chi connectivity index (χ4v) is 2.69. The predicted octanol–water partition coefficient (Wildman–Crippen LogP) is 4.71. The van der Waals surface area contributed by atoms with Gasteiger partial charge in [-0.1, -0.05) is 34.1 Å². The summed E-state index contributed by atoms with van der Waals surface area (Å²) in [5, 5.41) is 3.21. The molecule has 0 aliphatic carbocycles. The van der Waals surface area contributed by atoms with Crippen molar-refractivity contribution < 1.29 is 4.39 Å². The summed E-state index contributed by atoms with van der Waals surface area (Å²) < 4.78 is 14.9. The molecule has 0 saturated carbocycles. The maximum atomic E-state index is 14.0. The van der Waals surface area contributed by atoms with Crippen molar-refractivity contribution in [2.75, 3.05) is 7.05 Å². The van der Waals surface area contributed by atoms with Gasteiger partial charge in [0.2, 0.25) is 0 Å². The highest BCUT2D eigenvalue weighted by atomic mass is 79.9. The minimum atomic E-state index is -0.170. The van der Waals surface area contributed by atoms with E-state index in [9.17, 15) is 4.39 Å². The normalized spacial score (nSPS) is 12.4. The molecule has 1 N–H and O–H groups in total. The van der Waals surface area contributed by atoms with Crippen molar-refractivity contribution in [3.8, 4) is 0 Å². The summed E-state index contributed by atoms with van der Waals surface area (Å²) in [6.07, 6.45) is 0.769. The van der Waals surface area contributed by atoms with Crippen molar-refractivity contribution in [1.29, 1.82) is 0 Å². The van der Waals surface area contributed by atoms with Crippen LogP contribution in [0, 0.1) is 19.7 Å². The zero-order valence-electron chi connectivity index (χ0n) is 12.0. The number of benzene rings is 2. The van der Waals surface area contributed by atoms with Crippen molar-refractivity contribution >= 4 is 15.9 Å². The molecule has 0 heterocycles. The molecule has 3 heteroatoms. The van der Waals surface area contributed by atoms with Crippen molar-refractivity contribution in [2.45, 2.75) is 26.3 Å². The number of hydrogen-bond donors (Lipinski definition) is 1. The van der Waals surface area contributed by atoms with Gasteiger partial charge in [0.1, 0.15) is 5.82 Å². The fraction of sp³-hybridized carbons (Fsp3) is 0.294. The van der Waals surface area contributed by atoms with Gasteiger partial charge in [0.05, 0.1) is 0 Å². The first-order valence-corrected chi connectivity index (χ1v) is 7.49. The number of likely N-dealkylation sites (N-methyl/N-ethyl adjacent to an activating group) is 1. The predicted molar refractivity (Wildman–Crippen MR) is 85.5 cm³/mol. The van der Waals surface area contributed by atoms with E-state index in [1.165, 1.54) is 22.8 Å². The number of rotatable bonds is 4. The van der Waals surface area contributed by atoms with Gasteiger partial charge in [-0.05, 0) is 62.2 Å². The third-order valence-corrected chi connectivity index (χ3v) is 4.19. The lowest BCUT2D eigenvalue weighted by atomic mass is 9.96. The molecule has 0 spiro atoms. The third kappa shape index (κ3) is 3.47. The van der Waals surface area contributed by atoms with Crippen LogP contribution in [0.15, 0.2) is 40.9 Å². The molecule has 0 fully saturated rings. The van der Waals surface area contributed by atoms with E-state index in [0.29, 0.717) is 5.56 Å². The Kier molecular flexibility index (Phi) is 4.95. The van der Waals surface area contributed by atoms with Crippen LogP contribution in [0.2, 0.25) is 0 Å². The van der Waals surface area contributed by atoms with Gasteiger partial charge < -0.3 is 5.32 Å². The van der Waals surface area contributed by atoms with Crippen LogP contribution in [-0.4, -0.2) is 7.05 Å². The van der Waals surface area contributed by atoms with E-state index in [1.807, 2.05) is 13.1 Å². The standard InChI is InChI=1S/C17H19BrFN/c1-11-4-5-13(8-12(11)2)9-17(20-3)15-10-14(18)6-7-16(15)19/h4-8,10,17,20H,9H2,1-3H3. The van der Waals surface area contributed by atoms with Gasteiger partial charge in [-0.25, -0.2) is 4.39 Å². The zero-order valence-corrected chi connectivity index (χ0v) is 13.6. The van der Waals surface area contributed by atoms with E-state index in [-0.39, 0.29) is 11.9 Å². The van der Waals surface area contributed by atoms with E-state index >= 15 is 0 Å². The summed E-state index contributed by atoms with van der Waals surface area (Å²) >= 11 is 3.41. The number of halogens is 2. The van der Waals surface area contributed by atoms with Gasteiger partial charge in [0, 0.05) is 16.1 Å². The van der Waals surface area contributed by atoms with Gasteiger partial charge >= 0.3 is 0 Å². The molecule has 0 aliphatic rings. The van der Waals surface area contributed by atoms with E-state index in [0.717, 1.165) is 10.9 Å². The molecule has 1 nitrogen and oxygen atoms in total. The van der Waals surface area contributed by atoms with E-state index in [4.69, 9.17) is 0 Å². The Hall–Kier alpha value is -1.19. The zero-order chi connectivity index (χ0) is 14.7. The monoisotopic (exact) mass is 335 g/mol. The third-order valence-electron chi connectivity index (χ3n) is 3.69. The Morgan fingerprint density at radius 1 is 1.10 bits per heavy atom. The van der Waals surface area contributed by atoms with Crippen LogP contribution >= 0.6 is 15.9 Å². The largest absolute Gasteiger partial charge is 0.313 e. The van der Waals surface area contributed by atoms with Crippen molar-refractivity contribution in [2.24, 2.45) is 0 Å². The van der Waals surface area contributed by atoms with E-state index < -0.39 is 0 Å². The van der Waals surface area contributed by atoms with E-state index in [2.05, 4.69) is 53.3 Å². The summed E-state index contributed by atoms with van der Waals surface area (Å²) in [6, 6.07) is 11.4. The minimum absolute atomic E-state index is 0.0328. The molecule has 2 aromatic carbocycles. The molecule has 0 radical (unpaired) electrons. The smallest absolute Gasteiger partial charge is 0.128 e. The second-order valence-corrected chi connectivity index (χ2v) is 6.05. The minimum Gasteiger partial charge on any atom is -0.313 e. The first kappa shape index (κ1) is 15.2. The molecule has 0 bridgehead atoms. The van der Waals surface area contributed by atoms with Crippen LogP contribution in [0.4, 0.5) is 4.39 Å². The summed E-state index contributed by atoms with van der Waals surface area (Å²) in [5.41, 5.74) is 4.46. The molecule has 0 amide bonds. The second-order valence-electron chi connectivity index (χ2n) is 5.13. The van der Waals surface area contributed by atoms with Crippen molar-refractivity contribution in [3.05, 3.63) is 68.9 Å². The molecule has 2 rings (SSSR count). The van der Waals surface area contributed by atoms with Gasteiger partial charge in [-0.3, -0.25) is 0 Å². The average molecular weight is 336 g/mol. The highest BCUT2D eigenvalue weighted by molar-refractivity contribution is 9.10. The molecule has 1 atom stereocenters. The fourth-order valence-electron chi connectivity index (χ4n) is 2.32. The quantitative estimate of drug-likeness (QED) is 0.853. The topological polar surface area (TPSA) is 12.0 Å². The average Bonchev–Trinajstić information content (AvgIpc) is 2.43. The van der Waals surface area contributed by atoms with Crippen molar-refractivity contribution in [3.63, 3.8) is 0 Å². The Morgan fingerprint density at radius 2 is 1.85 bits per heavy atom. The Balaban J connectivity index is 2.28. The first-order valence-electron chi connectivity index (χ1n) is 6.69. The molecule has 2 aromatic rings. The Bertz CT molecular complexity index is 610. The summed E-state index contributed by atoms with van der Waals surface area (Å²) in [4.78, 5) is 0. The molecule has 106 valence electrons. The highest BCUT2D eigenvalue weighted by Gasteiger charge is 2.15. The molecule has 0 aromatic heterocycles. The highest BCUT2D eigenvalue weighted by Crippen LogP contribution is 2.25. The van der Waals surface area contributed by atoms with Gasteiger partial charge in [0.25, 0.3) is 0 Å². The van der Waals surface area contributed by atoms with Crippen molar-refractivity contribution in [1.82, 2.24) is 5.32 Å². The number of aryl methyl sites for hydroxylation is 2. The number of hydrogen-bond acceptors (Lipinski definition) is 1. The molecular formula is C17H19BrFN. The van der Waals surface area contributed by atoms with Crippen LogP contribution in [0.25, 0.3) is 0 Å². The summed E-state index contributed by atoms with van der Waals surface area (Å²) in [6.45, 7) is 4.20. The molecule has 20 heavy (non-hydrogen) atoms. The Morgan fingerprint density at radius 3 is 2.50 bits per heavy atom. The molecule has 0 saturated heterocycles. The lowest BCUT2D eigenvalue weighted by molar-refractivity contribution is 0.533. The van der Waals surface area contributed by atoms with Gasteiger partial charge in [-0.2, -0.15) is 0 Å². The lowest BCUT2D eigenvalue weighted by Crippen LogP contribution is -2.20. The van der Waals surface area contributed by atoms with Crippen LogP contribution in [-0.2, 0) is 6.42 Å². The molecule has 1 unspecified atom stereocenters. The summed E-state index contributed by atoms with van der Waals surface area (Å²) in [5.74, 6) is -0.170. The van der Waals surface area contributed by atoms with Gasteiger partial charge in [-0.15, -0.1) is 0 Å². The number of nitrogens with one attached hydrogen (secondary N) is 1. The lowest BCUT2D eigenvalue weighted by Gasteiger charge is -2.18. The van der Waals surface area contributed by atoms with E-state index in [1.54, 1.807) is 6.07 Å². The van der Waals surface area contributed by atoms with Crippen LogP contribution < -0.4 is 5.32 Å². The molecule has 0 aliphatic heterocycles. The van der Waals surface area contributed by atoms with Crippen LogP contribution in [0.1, 0.15) is 28.3 Å². The maximum Gasteiger partial charge on any atom is 0.128 e. The first-order chi connectivity index (χ1) is 9.51. The van der Waals surface area contributed by atoms with Gasteiger partial charge in [0.15, 0.2) is 0 Å². The Labute approximate surface area is 128 Å². The van der Waals surface area contributed by atoms with Crippen LogP contribution in [0.3, 0.4) is 0 Å².